The summed E-state index contributed by atoms with van der Waals surface area (Å²) >= 11 is 0. The molecular formula is C15H21NO3. The predicted molar refractivity (Wildman–Crippen MR) is 73.2 cm³/mol. The summed E-state index contributed by atoms with van der Waals surface area (Å²) in [7, 11) is 3.12. The van der Waals surface area contributed by atoms with Crippen molar-refractivity contribution in [2.75, 3.05) is 27.3 Å². The minimum absolute atomic E-state index is 0.109. The van der Waals surface area contributed by atoms with E-state index >= 15 is 0 Å². The first-order valence-electron chi connectivity index (χ1n) is 6.51. The van der Waals surface area contributed by atoms with E-state index in [1.807, 2.05) is 18.2 Å². The van der Waals surface area contributed by atoms with Crippen LogP contribution in [-0.2, 0) is 16.0 Å². The smallest absolute Gasteiger partial charge is 0.310 e. The second-order valence-corrected chi connectivity index (χ2v) is 5.35. The Kier molecular flexibility index (Phi) is 4.10. The minimum atomic E-state index is -0.137. The van der Waals surface area contributed by atoms with Crippen molar-refractivity contribution >= 4 is 5.97 Å². The SMILES string of the molecule is COC(=O)C1CNCC1(C)Cc1ccccc1OC. The molecule has 4 nitrogen and oxygen atoms in total. The van der Waals surface area contributed by atoms with E-state index in [1.165, 1.54) is 7.11 Å². The van der Waals surface area contributed by atoms with Gasteiger partial charge in [0.2, 0.25) is 0 Å². The molecule has 19 heavy (non-hydrogen) atoms. The summed E-state index contributed by atoms with van der Waals surface area (Å²) in [6, 6.07) is 7.96. The summed E-state index contributed by atoms with van der Waals surface area (Å²) in [6.07, 6.45) is 0.795. The fraction of sp³-hybridized carbons (Fsp3) is 0.533. The monoisotopic (exact) mass is 263 g/mol. The first-order valence-corrected chi connectivity index (χ1v) is 6.51. The van der Waals surface area contributed by atoms with Gasteiger partial charge < -0.3 is 14.8 Å². The number of hydrogen-bond acceptors (Lipinski definition) is 4. The van der Waals surface area contributed by atoms with Gasteiger partial charge in [-0.15, -0.1) is 0 Å². The van der Waals surface area contributed by atoms with Crippen LogP contribution < -0.4 is 10.1 Å². The van der Waals surface area contributed by atoms with Crippen molar-refractivity contribution in [3.8, 4) is 5.75 Å². The molecule has 2 rings (SSSR count). The number of benzene rings is 1. The fourth-order valence-electron chi connectivity index (χ4n) is 2.85. The fourth-order valence-corrected chi connectivity index (χ4v) is 2.85. The standard InChI is InChI=1S/C15H21NO3/c1-15(10-16-9-12(15)14(17)19-3)8-11-6-4-5-7-13(11)18-2/h4-7,12,16H,8-10H2,1-3H3. The molecule has 0 spiro atoms. The largest absolute Gasteiger partial charge is 0.496 e. The maximum atomic E-state index is 11.9. The molecule has 1 aliphatic rings. The van der Waals surface area contributed by atoms with Gasteiger partial charge in [-0.2, -0.15) is 0 Å². The van der Waals surface area contributed by atoms with Gasteiger partial charge in [-0.1, -0.05) is 25.1 Å². The van der Waals surface area contributed by atoms with Crippen molar-refractivity contribution < 1.29 is 14.3 Å². The Morgan fingerprint density at radius 1 is 1.42 bits per heavy atom. The normalized spacial score (nSPS) is 26.2. The summed E-state index contributed by atoms with van der Waals surface area (Å²) in [5, 5.41) is 3.29. The van der Waals surface area contributed by atoms with E-state index in [1.54, 1.807) is 7.11 Å². The third-order valence-corrected chi connectivity index (χ3v) is 3.99. The van der Waals surface area contributed by atoms with Gasteiger partial charge in [-0.3, -0.25) is 4.79 Å². The Bertz CT molecular complexity index is 460. The number of carbonyl (C=O) groups is 1. The van der Waals surface area contributed by atoms with Gasteiger partial charge in [-0.05, 0) is 23.5 Å². The Morgan fingerprint density at radius 2 is 2.16 bits per heavy atom. The Balaban J connectivity index is 2.23. The van der Waals surface area contributed by atoms with Crippen LogP contribution in [0.4, 0.5) is 0 Å². The van der Waals surface area contributed by atoms with Crippen molar-refractivity contribution in [3.05, 3.63) is 29.8 Å². The van der Waals surface area contributed by atoms with Crippen LogP contribution in [0.3, 0.4) is 0 Å². The molecule has 1 N–H and O–H groups in total. The van der Waals surface area contributed by atoms with Gasteiger partial charge >= 0.3 is 5.97 Å². The molecule has 1 heterocycles. The molecule has 0 saturated carbocycles. The molecular weight excluding hydrogens is 242 g/mol. The van der Waals surface area contributed by atoms with Crippen LogP contribution >= 0.6 is 0 Å². The number of hydrogen-bond donors (Lipinski definition) is 1. The molecule has 1 aromatic carbocycles. The lowest BCUT2D eigenvalue weighted by Crippen LogP contribution is -2.35. The van der Waals surface area contributed by atoms with Gasteiger partial charge in [-0.25, -0.2) is 0 Å². The van der Waals surface area contributed by atoms with Crippen molar-refractivity contribution in [2.45, 2.75) is 13.3 Å². The maximum Gasteiger partial charge on any atom is 0.310 e. The lowest BCUT2D eigenvalue weighted by Gasteiger charge is -2.29. The van der Waals surface area contributed by atoms with E-state index < -0.39 is 0 Å². The average molecular weight is 263 g/mol. The number of nitrogens with one attached hydrogen (secondary N) is 1. The van der Waals surface area contributed by atoms with Crippen molar-refractivity contribution in [1.82, 2.24) is 5.32 Å². The van der Waals surface area contributed by atoms with Gasteiger partial charge in [0.1, 0.15) is 5.75 Å². The van der Waals surface area contributed by atoms with E-state index in [-0.39, 0.29) is 17.3 Å². The van der Waals surface area contributed by atoms with Crippen LogP contribution in [0.2, 0.25) is 0 Å². The molecule has 0 amide bonds. The third-order valence-electron chi connectivity index (χ3n) is 3.99. The first kappa shape index (κ1) is 13.9. The van der Waals surface area contributed by atoms with Crippen LogP contribution in [-0.4, -0.2) is 33.3 Å². The summed E-state index contributed by atoms with van der Waals surface area (Å²) in [6.45, 7) is 3.62. The van der Waals surface area contributed by atoms with Crippen LogP contribution in [0, 0.1) is 11.3 Å². The number of esters is 1. The lowest BCUT2D eigenvalue weighted by molar-refractivity contribution is -0.148. The third kappa shape index (κ3) is 2.73. The van der Waals surface area contributed by atoms with Crippen molar-refractivity contribution in [2.24, 2.45) is 11.3 Å². The Labute approximate surface area is 114 Å². The lowest BCUT2D eigenvalue weighted by atomic mass is 9.75. The molecule has 4 heteroatoms. The molecule has 0 radical (unpaired) electrons. The Morgan fingerprint density at radius 3 is 2.84 bits per heavy atom. The zero-order valence-electron chi connectivity index (χ0n) is 11.7. The van der Waals surface area contributed by atoms with Crippen LogP contribution in [0.15, 0.2) is 24.3 Å². The molecule has 2 atom stereocenters. The van der Waals surface area contributed by atoms with Crippen molar-refractivity contribution in [3.63, 3.8) is 0 Å². The number of carbonyl (C=O) groups excluding carboxylic acids is 1. The first-order chi connectivity index (χ1) is 9.10. The highest BCUT2D eigenvalue weighted by Crippen LogP contribution is 2.37. The summed E-state index contributed by atoms with van der Waals surface area (Å²) in [4.78, 5) is 11.9. The van der Waals surface area contributed by atoms with E-state index in [0.717, 1.165) is 24.3 Å². The Hall–Kier alpha value is -1.55. The zero-order valence-corrected chi connectivity index (χ0v) is 11.7. The van der Waals surface area contributed by atoms with Gasteiger partial charge in [0.15, 0.2) is 0 Å². The maximum absolute atomic E-state index is 11.9. The molecule has 1 fully saturated rings. The zero-order chi connectivity index (χ0) is 13.9. The van der Waals surface area contributed by atoms with Crippen molar-refractivity contribution in [1.29, 1.82) is 0 Å². The van der Waals surface area contributed by atoms with E-state index in [4.69, 9.17) is 9.47 Å². The van der Waals surface area contributed by atoms with E-state index in [9.17, 15) is 4.79 Å². The number of methoxy groups -OCH3 is 2. The predicted octanol–water partition coefficient (Wildman–Crippen LogP) is 1.64. The molecule has 1 aromatic rings. The van der Waals surface area contributed by atoms with Crippen LogP contribution in [0.1, 0.15) is 12.5 Å². The minimum Gasteiger partial charge on any atom is -0.496 e. The molecule has 0 aromatic heterocycles. The molecule has 104 valence electrons. The summed E-state index contributed by atoms with van der Waals surface area (Å²) in [5.41, 5.74) is 0.993. The van der Waals surface area contributed by atoms with Crippen LogP contribution in [0.5, 0.6) is 5.75 Å². The van der Waals surface area contributed by atoms with Gasteiger partial charge in [0.05, 0.1) is 20.1 Å². The second kappa shape index (κ2) is 5.61. The average Bonchev–Trinajstić information content (AvgIpc) is 2.80. The topological polar surface area (TPSA) is 47.6 Å². The number of para-hydroxylation sites is 1. The highest BCUT2D eigenvalue weighted by molar-refractivity contribution is 5.74. The van der Waals surface area contributed by atoms with Gasteiger partial charge in [0.25, 0.3) is 0 Å². The van der Waals surface area contributed by atoms with E-state index in [2.05, 4.69) is 18.3 Å². The highest BCUT2D eigenvalue weighted by atomic mass is 16.5. The molecule has 1 saturated heterocycles. The molecule has 1 aliphatic heterocycles. The second-order valence-electron chi connectivity index (χ2n) is 5.35. The molecule has 2 unspecified atom stereocenters. The summed E-state index contributed by atoms with van der Waals surface area (Å²) in [5.74, 6) is 0.629. The molecule has 0 bridgehead atoms. The molecule has 0 aliphatic carbocycles. The quantitative estimate of drug-likeness (QED) is 0.839. The number of ether oxygens (including phenoxy) is 2. The highest BCUT2D eigenvalue weighted by Gasteiger charge is 2.44. The number of rotatable bonds is 4. The van der Waals surface area contributed by atoms with E-state index in [0.29, 0.717) is 6.54 Å². The van der Waals surface area contributed by atoms with Crippen LogP contribution in [0.25, 0.3) is 0 Å². The van der Waals surface area contributed by atoms with Gasteiger partial charge in [0, 0.05) is 13.1 Å². The summed E-state index contributed by atoms with van der Waals surface area (Å²) < 4.78 is 10.3.